The molecule has 0 atom stereocenters. The lowest BCUT2D eigenvalue weighted by Crippen LogP contribution is -2.34. The van der Waals surface area contributed by atoms with E-state index < -0.39 is 10.0 Å². The van der Waals surface area contributed by atoms with Crippen molar-refractivity contribution in [2.45, 2.75) is 43.9 Å². The summed E-state index contributed by atoms with van der Waals surface area (Å²) in [6.45, 7) is 2.55. The maximum atomic E-state index is 12.9. The van der Waals surface area contributed by atoms with Gasteiger partial charge in [0.05, 0.1) is 10.6 Å². The molecule has 0 bridgehead atoms. The molecule has 0 unspecified atom stereocenters. The summed E-state index contributed by atoms with van der Waals surface area (Å²) < 4.78 is 27.5. The summed E-state index contributed by atoms with van der Waals surface area (Å²) in [5, 5.41) is 0. The molecule has 1 aromatic carbocycles. The smallest absolute Gasteiger partial charge is 0.264 e. The number of aryl methyl sites for hydroxylation is 1. The number of allylic oxidation sites excluding steroid dienone is 3. The lowest BCUT2D eigenvalue weighted by atomic mass is 10.1. The van der Waals surface area contributed by atoms with E-state index in [1.165, 1.54) is 5.57 Å². The van der Waals surface area contributed by atoms with Gasteiger partial charge in [-0.05, 0) is 56.7 Å². The number of sulfonamides is 1. The average molecular weight is 303 g/mol. The van der Waals surface area contributed by atoms with Gasteiger partial charge in [0, 0.05) is 6.54 Å². The molecular formula is C17H21NO2S. The first-order valence-electron chi connectivity index (χ1n) is 7.58. The van der Waals surface area contributed by atoms with Crippen LogP contribution in [0.3, 0.4) is 0 Å². The second-order valence-electron chi connectivity index (χ2n) is 5.74. The Morgan fingerprint density at radius 2 is 1.71 bits per heavy atom. The number of rotatable bonds is 3. The van der Waals surface area contributed by atoms with E-state index in [-0.39, 0.29) is 0 Å². The highest BCUT2D eigenvalue weighted by molar-refractivity contribution is 7.89. The van der Waals surface area contributed by atoms with Crippen LogP contribution in [0.2, 0.25) is 0 Å². The van der Waals surface area contributed by atoms with Crippen molar-refractivity contribution in [1.29, 1.82) is 0 Å². The van der Waals surface area contributed by atoms with Crippen molar-refractivity contribution in [3.05, 3.63) is 53.3 Å². The molecule has 0 radical (unpaired) electrons. The highest BCUT2D eigenvalue weighted by atomic mass is 32.2. The molecule has 0 aromatic heterocycles. The van der Waals surface area contributed by atoms with E-state index in [1.807, 2.05) is 19.1 Å². The largest absolute Gasteiger partial charge is 0.266 e. The van der Waals surface area contributed by atoms with Crippen LogP contribution >= 0.6 is 0 Å². The molecule has 3 rings (SSSR count). The van der Waals surface area contributed by atoms with Crippen molar-refractivity contribution >= 4 is 10.0 Å². The third kappa shape index (κ3) is 2.77. The number of nitrogens with zero attached hydrogens (tertiary/aromatic N) is 1. The van der Waals surface area contributed by atoms with Crippen LogP contribution in [0.25, 0.3) is 0 Å². The van der Waals surface area contributed by atoms with Crippen LogP contribution in [0.1, 0.15) is 37.7 Å². The summed E-state index contributed by atoms with van der Waals surface area (Å²) in [4.78, 5) is 0.388. The summed E-state index contributed by atoms with van der Waals surface area (Å²) in [6.07, 6.45) is 9.32. The second kappa shape index (κ2) is 5.68. The van der Waals surface area contributed by atoms with E-state index in [2.05, 4.69) is 12.2 Å². The number of hydrogen-bond acceptors (Lipinski definition) is 2. The minimum Gasteiger partial charge on any atom is -0.266 e. The van der Waals surface area contributed by atoms with Gasteiger partial charge in [0.25, 0.3) is 10.0 Å². The average Bonchev–Trinajstić information content (AvgIpc) is 3.02. The Balaban J connectivity index is 1.98. The third-order valence-corrected chi connectivity index (χ3v) is 5.98. The van der Waals surface area contributed by atoms with Gasteiger partial charge in [-0.2, -0.15) is 0 Å². The fourth-order valence-corrected chi connectivity index (χ4v) is 4.53. The van der Waals surface area contributed by atoms with Crippen LogP contribution in [-0.4, -0.2) is 19.3 Å². The summed E-state index contributed by atoms with van der Waals surface area (Å²) >= 11 is 0. The van der Waals surface area contributed by atoms with Crippen LogP contribution in [0.5, 0.6) is 0 Å². The summed E-state index contributed by atoms with van der Waals surface area (Å²) in [5.74, 6) is 0. The van der Waals surface area contributed by atoms with Gasteiger partial charge in [0.15, 0.2) is 0 Å². The summed E-state index contributed by atoms with van der Waals surface area (Å²) in [6, 6.07) is 7.13. The maximum absolute atomic E-state index is 12.9. The zero-order valence-corrected chi connectivity index (χ0v) is 13.2. The molecule has 1 aromatic rings. The predicted molar refractivity (Wildman–Crippen MR) is 84.3 cm³/mol. The molecule has 1 heterocycles. The predicted octanol–water partition coefficient (Wildman–Crippen LogP) is 3.77. The van der Waals surface area contributed by atoms with Gasteiger partial charge < -0.3 is 0 Å². The van der Waals surface area contributed by atoms with Crippen LogP contribution in [0, 0.1) is 6.92 Å². The van der Waals surface area contributed by atoms with Crippen LogP contribution < -0.4 is 0 Å². The van der Waals surface area contributed by atoms with Gasteiger partial charge in [-0.3, -0.25) is 4.31 Å². The quantitative estimate of drug-likeness (QED) is 0.852. The second-order valence-corrected chi connectivity index (χ2v) is 7.61. The first-order valence-corrected chi connectivity index (χ1v) is 9.02. The van der Waals surface area contributed by atoms with Crippen molar-refractivity contribution < 1.29 is 8.42 Å². The summed E-state index contributed by atoms with van der Waals surface area (Å²) in [5.41, 5.74) is 3.19. The van der Waals surface area contributed by atoms with Crippen molar-refractivity contribution in [3.63, 3.8) is 0 Å². The van der Waals surface area contributed by atoms with Crippen molar-refractivity contribution in [3.8, 4) is 0 Å². The van der Waals surface area contributed by atoms with Crippen LogP contribution in [0.15, 0.2) is 52.6 Å². The molecule has 0 saturated carbocycles. The van der Waals surface area contributed by atoms with E-state index in [0.717, 1.165) is 43.4 Å². The lowest BCUT2D eigenvalue weighted by Gasteiger charge is -2.30. The molecule has 112 valence electrons. The first-order chi connectivity index (χ1) is 10.1. The molecule has 21 heavy (non-hydrogen) atoms. The van der Waals surface area contributed by atoms with Gasteiger partial charge in [-0.25, -0.2) is 8.42 Å². The monoisotopic (exact) mass is 303 g/mol. The SMILES string of the molecule is Cc1ccc(S(=O)(=O)N2CCCC=C2C2=CCCC2)cc1. The van der Waals surface area contributed by atoms with Gasteiger partial charge in [0.2, 0.25) is 0 Å². The number of hydrogen-bond donors (Lipinski definition) is 0. The molecule has 1 aliphatic carbocycles. The van der Waals surface area contributed by atoms with E-state index >= 15 is 0 Å². The van der Waals surface area contributed by atoms with Crippen molar-refractivity contribution in [2.24, 2.45) is 0 Å². The lowest BCUT2D eigenvalue weighted by molar-refractivity contribution is 0.453. The van der Waals surface area contributed by atoms with Crippen molar-refractivity contribution in [1.82, 2.24) is 4.31 Å². The Kier molecular flexibility index (Phi) is 3.89. The Morgan fingerprint density at radius 3 is 2.38 bits per heavy atom. The zero-order valence-electron chi connectivity index (χ0n) is 12.4. The maximum Gasteiger partial charge on any atom is 0.264 e. The fraction of sp³-hybridized carbons (Fsp3) is 0.412. The molecule has 0 amide bonds. The van der Waals surface area contributed by atoms with E-state index in [9.17, 15) is 8.42 Å². The minimum atomic E-state index is -3.44. The molecule has 0 fully saturated rings. The minimum absolute atomic E-state index is 0.388. The zero-order chi connectivity index (χ0) is 14.9. The van der Waals surface area contributed by atoms with Gasteiger partial charge in [0.1, 0.15) is 0 Å². The molecule has 0 spiro atoms. The molecular weight excluding hydrogens is 282 g/mol. The molecule has 2 aliphatic rings. The topological polar surface area (TPSA) is 37.4 Å². The fourth-order valence-electron chi connectivity index (χ4n) is 2.98. The Morgan fingerprint density at radius 1 is 1.00 bits per heavy atom. The standard InChI is InChI=1S/C17H21NO2S/c1-14-9-11-16(12-10-14)21(19,20)18-13-5-4-8-17(18)15-6-2-3-7-15/h6,8-12H,2-5,7,13H2,1H3. The molecule has 1 aliphatic heterocycles. The third-order valence-electron chi connectivity index (χ3n) is 4.15. The Hall–Kier alpha value is -1.55. The van der Waals surface area contributed by atoms with Crippen LogP contribution in [-0.2, 0) is 10.0 Å². The van der Waals surface area contributed by atoms with E-state index in [0.29, 0.717) is 11.4 Å². The molecule has 0 saturated heterocycles. The highest BCUT2D eigenvalue weighted by Gasteiger charge is 2.30. The Bertz CT molecular complexity index is 684. The Labute approximate surface area is 127 Å². The molecule has 0 N–H and O–H groups in total. The molecule has 4 heteroatoms. The van der Waals surface area contributed by atoms with Gasteiger partial charge in [-0.15, -0.1) is 0 Å². The van der Waals surface area contributed by atoms with E-state index in [4.69, 9.17) is 0 Å². The van der Waals surface area contributed by atoms with Gasteiger partial charge >= 0.3 is 0 Å². The van der Waals surface area contributed by atoms with E-state index in [1.54, 1.807) is 16.4 Å². The molecule has 3 nitrogen and oxygen atoms in total. The normalized spacial score (nSPS) is 19.4. The van der Waals surface area contributed by atoms with Crippen LogP contribution in [0.4, 0.5) is 0 Å². The first kappa shape index (κ1) is 14.4. The highest BCUT2D eigenvalue weighted by Crippen LogP contribution is 2.33. The summed E-state index contributed by atoms with van der Waals surface area (Å²) in [7, 11) is -3.44. The number of benzene rings is 1. The van der Waals surface area contributed by atoms with Gasteiger partial charge in [-0.1, -0.05) is 29.8 Å². The van der Waals surface area contributed by atoms with Crippen molar-refractivity contribution in [2.75, 3.05) is 6.54 Å².